The Bertz CT molecular complexity index is 1050. The first-order chi connectivity index (χ1) is 12.6. The summed E-state index contributed by atoms with van der Waals surface area (Å²) in [5.41, 5.74) is 6.57. The van der Waals surface area contributed by atoms with Crippen LogP contribution < -0.4 is 16.4 Å². The van der Waals surface area contributed by atoms with Crippen molar-refractivity contribution in [3.05, 3.63) is 45.1 Å². The first-order valence-corrected chi connectivity index (χ1v) is 9.09. The zero-order valence-electron chi connectivity index (χ0n) is 13.7. The monoisotopic (exact) mass is 372 g/mol. The Morgan fingerprint density at radius 2 is 2.12 bits per heavy atom. The van der Waals surface area contributed by atoms with Crippen molar-refractivity contribution in [2.75, 3.05) is 0 Å². The summed E-state index contributed by atoms with van der Waals surface area (Å²) in [6.07, 6.45) is 5.09. The van der Waals surface area contributed by atoms with Crippen LogP contribution in [0.2, 0.25) is 0 Å². The largest absolute Gasteiger partial charge is 0.290 e. The maximum Gasteiger partial charge on any atom is 0.290 e. The minimum Gasteiger partial charge on any atom is -0.289 e. The number of carbonyl (C=O) groups is 2. The van der Waals surface area contributed by atoms with Crippen LogP contribution in [0.5, 0.6) is 0 Å². The number of aromatic nitrogens is 4. The van der Waals surface area contributed by atoms with E-state index in [4.69, 9.17) is 0 Å². The van der Waals surface area contributed by atoms with Gasteiger partial charge in [-0.15, -0.1) is 11.3 Å². The van der Waals surface area contributed by atoms with Crippen LogP contribution in [0, 0.1) is 0 Å². The van der Waals surface area contributed by atoms with Crippen LogP contribution in [-0.2, 0) is 24.2 Å². The van der Waals surface area contributed by atoms with Crippen LogP contribution in [0.1, 0.15) is 34.6 Å². The molecule has 0 fully saturated rings. The van der Waals surface area contributed by atoms with Crippen LogP contribution in [0.4, 0.5) is 0 Å². The van der Waals surface area contributed by atoms with Gasteiger partial charge < -0.3 is 0 Å². The topological polar surface area (TPSA) is 122 Å². The molecule has 3 N–H and O–H groups in total. The van der Waals surface area contributed by atoms with E-state index in [1.165, 1.54) is 22.2 Å². The normalized spacial score (nSPS) is 13.4. The number of aromatic amines is 1. The summed E-state index contributed by atoms with van der Waals surface area (Å²) in [4.78, 5) is 41.3. The van der Waals surface area contributed by atoms with E-state index in [-0.39, 0.29) is 12.1 Å². The number of hydrogen-bond acceptors (Lipinski definition) is 6. The fraction of sp³-hybridized carbons (Fsp3) is 0.312. The lowest BCUT2D eigenvalue weighted by Gasteiger charge is -2.11. The number of amides is 2. The van der Waals surface area contributed by atoms with E-state index in [1.807, 2.05) is 0 Å². The number of H-pyrrole nitrogens is 1. The number of hydrazine groups is 1. The highest BCUT2D eigenvalue weighted by Crippen LogP contribution is 2.21. The molecule has 0 aliphatic heterocycles. The Hall–Kier alpha value is -3.01. The molecule has 0 atom stereocenters. The van der Waals surface area contributed by atoms with Crippen molar-refractivity contribution < 1.29 is 9.59 Å². The van der Waals surface area contributed by atoms with E-state index in [1.54, 1.807) is 11.4 Å². The molecule has 3 heterocycles. The van der Waals surface area contributed by atoms with Gasteiger partial charge in [0.05, 0.1) is 11.7 Å². The van der Waals surface area contributed by atoms with Crippen molar-refractivity contribution in [1.29, 1.82) is 0 Å². The van der Waals surface area contributed by atoms with Gasteiger partial charge >= 0.3 is 0 Å². The number of nitrogens with one attached hydrogen (secondary N) is 3. The van der Waals surface area contributed by atoms with Crippen molar-refractivity contribution in [3.63, 3.8) is 0 Å². The standard InChI is InChI=1S/C16H16N6O3S/c23-12(7-22-8-17-15-10(16(22)25)5-6-26-15)19-21-14(24)13-9-3-1-2-4-11(9)18-20-13/h5-6,8H,1-4,7H2,(H,18,20)(H,19,23)(H,21,24). The molecule has 0 saturated heterocycles. The Balaban J connectivity index is 1.40. The molecule has 9 nitrogen and oxygen atoms in total. The Morgan fingerprint density at radius 3 is 3.00 bits per heavy atom. The number of nitrogens with zero attached hydrogens (tertiary/aromatic N) is 3. The Labute approximate surface area is 151 Å². The first-order valence-electron chi connectivity index (χ1n) is 8.21. The molecule has 26 heavy (non-hydrogen) atoms. The van der Waals surface area contributed by atoms with Gasteiger partial charge in [-0.05, 0) is 37.1 Å². The zero-order valence-corrected chi connectivity index (χ0v) is 14.6. The van der Waals surface area contributed by atoms with Gasteiger partial charge in [0.1, 0.15) is 11.4 Å². The summed E-state index contributed by atoms with van der Waals surface area (Å²) in [5, 5.41) is 9.17. The van der Waals surface area contributed by atoms with Gasteiger partial charge in [0, 0.05) is 11.3 Å². The third-order valence-corrected chi connectivity index (χ3v) is 5.17. The van der Waals surface area contributed by atoms with Crippen LogP contribution in [-0.4, -0.2) is 31.6 Å². The highest BCUT2D eigenvalue weighted by Gasteiger charge is 2.22. The molecule has 3 aromatic rings. The van der Waals surface area contributed by atoms with Crippen molar-refractivity contribution in [3.8, 4) is 0 Å². The average molecular weight is 372 g/mol. The highest BCUT2D eigenvalue weighted by molar-refractivity contribution is 7.16. The molecular formula is C16H16N6O3S. The summed E-state index contributed by atoms with van der Waals surface area (Å²) in [6, 6.07) is 1.67. The number of rotatable bonds is 3. The third-order valence-electron chi connectivity index (χ3n) is 4.35. The molecule has 0 aromatic carbocycles. The van der Waals surface area contributed by atoms with E-state index in [0.717, 1.165) is 36.9 Å². The maximum absolute atomic E-state index is 12.3. The number of aryl methyl sites for hydroxylation is 1. The molecule has 2 amide bonds. The molecule has 10 heteroatoms. The second-order valence-corrected chi connectivity index (χ2v) is 6.95. The number of carbonyl (C=O) groups excluding carboxylic acids is 2. The smallest absolute Gasteiger partial charge is 0.289 e. The van der Waals surface area contributed by atoms with Crippen LogP contribution >= 0.6 is 11.3 Å². The molecule has 0 unspecified atom stereocenters. The van der Waals surface area contributed by atoms with Crippen LogP contribution in [0.15, 0.2) is 22.6 Å². The third kappa shape index (κ3) is 2.99. The lowest BCUT2D eigenvalue weighted by molar-refractivity contribution is -0.122. The minimum atomic E-state index is -0.527. The van der Waals surface area contributed by atoms with E-state index in [2.05, 4.69) is 26.0 Å². The van der Waals surface area contributed by atoms with E-state index in [0.29, 0.717) is 15.9 Å². The number of hydrogen-bond donors (Lipinski definition) is 3. The zero-order chi connectivity index (χ0) is 18.1. The summed E-state index contributed by atoms with van der Waals surface area (Å²) in [5.74, 6) is -1.00. The van der Waals surface area contributed by atoms with Crippen LogP contribution in [0.3, 0.4) is 0 Å². The van der Waals surface area contributed by atoms with Gasteiger partial charge in [-0.3, -0.25) is 34.9 Å². The summed E-state index contributed by atoms with van der Waals surface area (Å²) in [6.45, 7) is -0.240. The fourth-order valence-electron chi connectivity index (χ4n) is 3.05. The van der Waals surface area contributed by atoms with E-state index < -0.39 is 11.8 Å². The summed E-state index contributed by atoms with van der Waals surface area (Å²) >= 11 is 1.36. The van der Waals surface area contributed by atoms with E-state index >= 15 is 0 Å². The highest BCUT2D eigenvalue weighted by atomic mass is 32.1. The van der Waals surface area contributed by atoms with Gasteiger partial charge in [0.25, 0.3) is 17.4 Å². The predicted octanol–water partition coefficient (Wildman–Crippen LogP) is 0.521. The van der Waals surface area contributed by atoms with Crippen LogP contribution in [0.25, 0.3) is 10.2 Å². The molecule has 1 aliphatic carbocycles. The molecular weight excluding hydrogens is 356 g/mol. The van der Waals surface area contributed by atoms with Gasteiger partial charge in [-0.25, -0.2) is 4.98 Å². The fourth-order valence-corrected chi connectivity index (χ4v) is 3.78. The first kappa shape index (κ1) is 16.5. The van der Waals surface area contributed by atoms with Gasteiger partial charge in [-0.1, -0.05) is 0 Å². The van der Waals surface area contributed by atoms with Crippen molar-refractivity contribution in [2.24, 2.45) is 0 Å². The molecule has 0 spiro atoms. The molecule has 134 valence electrons. The van der Waals surface area contributed by atoms with Gasteiger partial charge in [0.15, 0.2) is 5.69 Å². The lowest BCUT2D eigenvalue weighted by Crippen LogP contribution is -2.44. The second kappa shape index (κ2) is 6.71. The molecule has 0 saturated carbocycles. The Morgan fingerprint density at radius 1 is 1.27 bits per heavy atom. The minimum absolute atomic E-state index is 0.240. The predicted molar refractivity (Wildman–Crippen MR) is 94.7 cm³/mol. The van der Waals surface area contributed by atoms with Gasteiger partial charge in [-0.2, -0.15) is 5.10 Å². The number of fused-ring (bicyclic) bond motifs is 2. The summed E-state index contributed by atoms with van der Waals surface area (Å²) < 4.78 is 1.20. The quantitative estimate of drug-likeness (QED) is 0.579. The van der Waals surface area contributed by atoms with Crippen molar-refractivity contribution in [2.45, 2.75) is 32.2 Å². The number of thiophene rings is 1. The molecule has 0 bridgehead atoms. The molecule has 0 radical (unpaired) electrons. The SMILES string of the molecule is O=C(Cn1cnc2sccc2c1=O)NNC(=O)c1n[nH]c2c1CCCC2. The lowest BCUT2D eigenvalue weighted by atomic mass is 9.96. The second-order valence-electron chi connectivity index (χ2n) is 6.06. The van der Waals surface area contributed by atoms with Crippen molar-refractivity contribution >= 4 is 33.4 Å². The van der Waals surface area contributed by atoms with E-state index in [9.17, 15) is 14.4 Å². The molecule has 3 aromatic heterocycles. The Kier molecular flexibility index (Phi) is 4.25. The average Bonchev–Trinajstić information content (AvgIpc) is 3.29. The van der Waals surface area contributed by atoms with Crippen molar-refractivity contribution in [1.82, 2.24) is 30.6 Å². The molecule has 4 rings (SSSR count). The maximum atomic E-state index is 12.3. The summed E-state index contributed by atoms with van der Waals surface area (Å²) in [7, 11) is 0. The van der Waals surface area contributed by atoms with Gasteiger partial charge in [0.2, 0.25) is 0 Å². The molecule has 1 aliphatic rings.